The van der Waals surface area contributed by atoms with E-state index in [0.29, 0.717) is 0 Å². The summed E-state index contributed by atoms with van der Waals surface area (Å²) in [6, 6.07) is 31.5. The first kappa shape index (κ1) is 26.7. The van der Waals surface area contributed by atoms with E-state index in [2.05, 4.69) is 137 Å². The molecule has 0 saturated heterocycles. The van der Waals surface area contributed by atoms with Gasteiger partial charge in [0, 0.05) is 41.3 Å². The van der Waals surface area contributed by atoms with E-state index in [-0.39, 0.29) is 0 Å². The van der Waals surface area contributed by atoms with Gasteiger partial charge in [0.15, 0.2) is 0 Å². The molecule has 0 N–H and O–H groups in total. The molecule has 0 aromatic heterocycles. The van der Waals surface area contributed by atoms with Crippen LogP contribution in [0.25, 0.3) is 0 Å². The second-order valence-electron chi connectivity index (χ2n) is 13.5. The number of rotatable bonds is 9. The highest BCUT2D eigenvalue weighted by Gasteiger charge is 2.18. The normalized spacial score (nSPS) is 12.6. The van der Waals surface area contributed by atoms with Crippen molar-refractivity contribution in [2.75, 3.05) is 4.90 Å². The molecule has 0 aliphatic heterocycles. The van der Waals surface area contributed by atoms with Crippen LogP contribution in [0, 0.1) is 0 Å². The predicted molar refractivity (Wildman–Crippen MR) is 162 cm³/mol. The van der Waals surface area contributed by atoms with E-state index in [1.54, 1.807) is 0 Å². The maximum Gasteiger partial charge on any atom is 0.0487 e. The molecule has 1 nitrogen and oxygen atoms in total. The lowest BCUT2D eigenvalue weighted by atomic mass is 10.1. The molecule has 3 aromatic rings. The number of nitrogens with zero attached hydrogens (tertiary/aromatic N) is 1. The molecular weight excluding hydrogens is 459 g/mol. The molecule has 0 spiro atoms. The number of hydrogen-bond donors (Lipinski definition) is 0. The third-order valence-electron chi connectivity index (χ3n) is 5.79. The van der Waals surface area contributed by atoms with Crippen molar-refractivity contribution in [3.63, 3.8) is 0 Å². The van der Waals surface area contributed by atoms with Gasteiger partial charge in [-0.05, 0) is 54.5 Å². The Hall–Kier alpha value is -1.89. The van der Waals surface area contributed by atoms with E-state index in [4.69, 9.17) is 0 Å². The zero-order chi connectivity index (χ0) is 25.1. The Labute approximate surface area is 212 Å². The lowest BCUT2D eigenvalue weighted by molar-refractivity contribution is 1.23. The molecule has 34 heavy (non-hydrogen) atoms. The van der Waals surface area contributed by atoms with Gasteiger partial charge < -0.3 is 4.90 Å². The van der Waals surface area contributed by atoms with E-state index in [1.807, 2.05) is 0 Å². The van der Waals surface area contributed by atoms with Crippen LogP contribution in [0.15, 0.2) is 72.8 Å². The minimum absolute atomic E-state index is 1.13. The van der Waals surface area contributed by atoms with Crippen LogP contribution in [0.5, 0.6) is 0 Å². The van der Waals surface area contributed by atoms with E-state index >= 15 is 0 Å². The molecule has 0 heterocycles. The maximum atomic E-state index is 2.44. The van der Waals surface area contributed by atoms with Crippen molar-refractivity contribution in [3.8, 4) is 0 Å². The van der Waals surface area contributed by atoms with Gasteiger partial charge in [-0.1, -0.05) is 112 Å². The summed E-state index contributed by atoms with van der Waals surface area (Å²) in [6.07, 6.45) is 0. The Morgan fingerprint density at radius 1 is 0.382 bits per heavy atom. The van der Waals surface area contributed by atoms with Crippen LogP contribution >= 0.6 is 0 Å². The Morgan fingerprint density at radius 2 is 0.588 bits per heavy atom. The Bertz CT molecular complexity index is 908. The van der Waals surface area contributed by atoms with E-state index in [0.717, 1.165) is 0 Å². The SMILES string of the molecule is C[Si](C)(C)Cc1ccc(N(c2ccc(C[Si](C)(C)C)cc2)c2ccc(C[Si](C)(C)C)cc2)cc1. The van der Waals surface area contributed by atoms with Gasteiger partial charge in [-0.2, -0.15) is 0 Å². The zero-order valence-electron chi connectivity index (χ0n) is 23.0. The number of anilines is 3. The van der Waals surface area contributed by atoms with E-state index < -0.39 is 24.2 Å². The summed E-state index contributed by atoms with van der Waals surface area (Å²) in [4.78, 5) is 2.41. The summed E-state index contributed by atoms with van der Waals surface area (Å²) in [5.74, 6) is 0. The molecule has 3 aromatic carbocycles. The molecule has 0 radical (unpaired) electrons. The molecule has 4 heteroatoms. The van der Waals surface area contributed by atoms with Gasteiger partial charge in [0.2, 0.25) is 0 Å². The van der Waals surface area contributed by atoms with Gasteiger partial charge in [0.05, 0.1) is 0 Å². The number of benzene rings is 3. The predicted octanol–water partition coefficient (Wildman–Crippen LogP) is 9.42. The summed E-state index contributed by atoms with van der Waals surface area (Å²) >= 11 is 0. The van der Waals surface area contributed by atoms with Crippen molar-refractivity contribution in [1.29, 1.82) is 0 Å². The first-order chi connectivity index (χ1) is 15.7. The highest BCUT2D eigenvalue weighted by molar-refractivity contribution is 6.76. The second kappa shape index (κ2) is 10.4. The van der Waals surface area contributed by atoms with Gasteiger partial charge in [-0.15, -0.1) is 0 Å². The molecule has 0 saturated carbocycles. The molecule has 0 amide bonds. The largest absolute Gasteiger partial charge is 0.311 e. The Morgan fingerprint density at radius 3 is 0.765 bits per heavy atom. The average Bonchev–Trinajstić information content (AvgIpc) is 2.69. The third-order valence-corrected chi connectivity index (χ3v) is 10.2. The van der Waals surface area contributed by atoms with Crippen molar-refractivity contribution in [2.24, 2.45) is 0 Å². The minimum atomic E-state index is -1.13. The smallest absolute Gasteiger partial charge is 0.0487 e. The van der Waals surface area contributed by atoms with Crippen molar-refractivity contribution < 1.29 is 0 Å². The molecular formula is C30H45NSi3. The van der Waals surface area contributed by atoms with Gasteiger partial charge >= 0.3 is 0 Å². The first-order valence-corrected chi connectivity index (χ1v) is 23.9. The van der Waals surface area contributed by atoms with Crippen LogP contribution in [-0.4, -0.2) is 24.2 Å². The fourth-order valence-corrected chi connectivity index (χ4v) is 8.95. The lowest BCUT2D eigenvalue weighted by Crippen LogP contribution is -2.24. The van der Waals surface area contributed by atoms with Crippen LogP contribution in [-0.2, 0) is 18.1 Å². The van der Waals surface area contributed by atoms with Gasteiger partial charge in [-0.25, -0.2) is 0 Å². The molecule has 0 aliphatic carbocycles. The lowest BCUT2D eigenvalue weighted by Gasteiger charge is -2.27. The second-order valence-corrected chi connectivity index (χ2v) is 30.0. The molecule has 0 aliphatic rings. The van der Waals surface area contributed by atoms with Gasteiger partial charge in [0.1, 0.15) is 0 Å². The summed E-state index contributed by atoms with van der Waals surface area (Å²) in [7, 11) is -3.39. The van der Waals surface area contributed by atoms with Crippen LogP contribution in [0.1, 0.15) is 16.7 Å². The van der Waals surface area contributed by atoms with Crippen LogP contribution in [0.3, 0.4) is 0 Å². The summed E-state index contributed by atoms with van der Waals surface area (Å²) < 4.78 is 0. The molecule has 0 unspecified atom stereocenters. The Balaban J connectivity index is 1.97. The van der Waals surface area contributed by atoms with Gasteiger partial charge in [-0.3, -0.25) is 0 Å². The summed E-state index contributed by atoms with van der Waals surface area (Å²) in [6.45, 7) is 22.0. The first-order valence-electron chi connectivity index (χ1n) is 12.8. The molecule has 182 valence electrons. The fraction of sp³-hybridized carbons (Fsp3) is 0.400. The van der Waals surface area contributed by atoms with Gasteiger partial charge in [0.25, 0.3) is 0 Å². The van der Waals surface area contributed by atoms with Crippen molar-refractivity contribution in [3.05, 3.63) is 89.5 Å². The van der Waals surface area contributed by atoms with E-state index in [9.17, 15) is 0 Å². The third kappa shape index (κ3) is 8.40. The standard InChI is InChI=1S/C30H45NSi3/c1-32(2,3)22-25-10-16-28(17-11-25)31(29-18-12-26(13-19-29)23-33(4,5)6)30-20-14-27(15-21-30)24-34(7,8)9/h10-21H,22-24H2,1-9H3. The Kier molecular flexibility index (Phi) is 8.16. The highest BCUT2D eigenvalue weighted by atomic mass is 28.3. The van der Waals surface area contributed by atoms with E-state index in [1.165, 1.54) is 51.9 Å². The average molecular weight is 504 g/mol. The molecule has 0 atom stereocenters. The van der Waals surface area contributed by atoms with Crippen LogP contribution in [0.2, 0.25) is 58.9 Å². The quantitative estimate of drug-likeness (QED) is 0.263. The molecule has 0 bridgehead atoms. The maximum absolute atomic E-state index is 2.44. The van der Waals surface area contributed by atoms with Crippen LogP contribution in [0.4, 0.5) is 17.1 Å². The fourth-order valence-electron chi connectivity index (χ4n) is 4.57. The topological polar surface area (TPSA) is 3.24 Å². The summed E-state index contributed by atoms with van der Waals surface area (Å²) in [5, 5.41) is 0. The molecule has 3 rings (SSSR count). The van der Waals surface area contributed by atoms with Crippen LogP contribution < -0.4 is 4.90 Å². The number of hydrogen-bond acceptors (Lipinski definition) is 1. The minimum Gasteiger partial charge on any atom is -0.311 e. The zero-order valence-corrected chi connectivity index (χ0v) is 26.0. The van der Waals surface area contributed by atoms with Crippen molar-refractivity contribution in [2.45, 2.75) is 77.1 Å². The molecule has 0 fully saturated rings. The summed E-state index contributed by atoms with van der Waals surface area (Å²) in [5.41, 5.74) is 8.07. The monoisotopic (exact) mass is 503 g/mol. The van der Waals surface area contributed by atoms with Crippen molar-refractivity contribution in [1.82, 2.24) is 0 Å². The van der Waals surface area contributed by atoms with Crippen molar-refractivity contribution >= 4 is 41.3 Å². The highest BCUT2D eigenvalue weighted by Crippen LogP contribution is 2.35.